The van der Waals surface area contributed by atoms with Crippen LogP contribution in [0.4, 0.5) is 0 Å². The van der Waals surface area contributed by atoms with E-state index in [1.165, 1.54) is 11.1 Å². The SMILES string of the molecule is In1ccc(-c2ccccc2)c1. The van der Waals surface area contributed by atoms with Crippen molar-refractivity contribution in [3.63, 3.8) is 0 Å². The molecule has 1 aromatic heterocycles. The first kappa shape index (κ1) is 7.86. The van der Waals surface area contributed by atoms with Crippen LogP contribution in [0.2, 0.25) is 0 Å². The number of benzene rings is 1. The van der Waals surface area contributed by atoms with Gasteiger partial charge in [-0.2, -0.15) is 0 Å². The monoisotopic (exact) mass is 269 g/mol. The van der Waals surface area contributed by atoms with Crippen molar-refractivity contribution >= 4 is 22.9 Å². The molecule has 0 atom stereocenters. The summed E-state index contributed by atoms with van der Waals surface area (Å²) in [4.78, 5) is 0. The highest BCUT2D eigenvalue weighted by molar-refractivity contribution is 14.1. The Morgan fingerprint density at radius 1 is 0.917 bits per heavy atom. The van der Waals surface area contributed by atoms with Crippen molar-refractivity contribution in [3.8, 4) is 11.1 Å². The lowest BCUT2D eigenvalue weighted by Crippen LogP contribution is -1.71. The molecule has 0 unspecified atom stereocenters. The van der Waals surface area contributed by atoms with Crippen molar-refractivity contribution in [2.45, 2.75) is 0 Å². The fourth-order valence-corrected chi connectivity index (χ4v) is 1.63. The molecule has 0 bridgehead atoms. The molecule has 0 fully saturated rings. The van der Waals surface area contributed by atoms with Crippen molar-refractivity contribution in [2.24, 2.45) is 0 Å². The van der Waals surface area contributed by atoms with E-state index < -0.39 is 0 Å². The molecule has 0 spiro atoms. The van der Waals surface area contributed by atoms with Crippen LogP contribution in [0.15, 0.2) is 48.8 Å². The van der Waals surface area contributed by atoms with E-state index in [2.05, 4.69) is 59.4 Å². The quantitative estimate of drug-likeness (QED) is 0.699. The van der Waals surface area contributed by atoms with Crippen LogP contribution in [0.5, 0.6) is 0 Å². The Balaban J connectivity index is 2.45. The van der Waals surface area contributed by atoms with E-state index in [1.807, 2.05) is 15.0 Å². The highest BCUT2D eigenvalue weighted by Crippen LogP contribution is 2.19. The van der Waals surface area contributed by atoms with Crippen LogP contribution in [0.25, 0.3) is 11.1 Å². The molecular formula is C10H8IN. The van der Waals surface area contributed by atoms with Gasteiger partial charge < -0.3 is 0 Å². The van der Waals surface area contributed by atoms with Gasteiger partial charge in [0.1, 0.15) is 0 Å². The van der Waals surface area contributed by atoms with Gasteiger partial charge in [-0.1, -0.05) is 30.3 Å². The summed E-state index contributed by atoms with van der Waals surface area (Å²) >= 11 is 2.24. The molecule has 2 rings (SSSR count). The van der Waals surface area contributed by atoms with Crippen molar-refractivity contribution in [1.29, 1.82) is 0 Å². The normalized spacial score (nSPS) is 10.1. The predicted octanol–water partition coefficient (Wildman–Crippen LogP) is 3.35. The number of aromatic nitrogens is 1. The molecule has 0 aliphatic carbocycles. The average Bonchev–Trinajstić information content (AvgIpc) is 2.54. The lowest BCUT2D eigenvalue weighted by molar-refractivity contribution is 1.36. The van der Waals surface area contributed by atoms with E-state index in [-0.39, 0.29) is 0 Å². The maximum Gasteiger partial charge on any atom is 0.0634 e. The molecule has 0 amide bonds. The van der Waals surface area contributed by atoms with Gasteiger partial charge in [0, 0.05) is 18.0 Å². The Hall–Kier alpha value is -0.770. The third-order valence-corrected chi connectivity index (χ3v) is 2.37. The molecule has 0 aliphatic rings. The zero-order valence-corrected chi connectivity index (χ0v) is 8.60. The summed E-state index contributed by atoms with van der Waals surface area (Å²) in [5.41, 5.74) is 2.54. The van der Waals surface area contributed by atoms with Gasteiger partial charge in [0.05, 0.1) is 22.9 Å². The van der Waals surface area contributed by atoms with Crippen LogP contribution in [-0.2, 0) is 0 Å². The molecule has 0 saturated heterocycles. The van der Waals surface area contributed by atoms with Crippen LogP contribution in [-0.4, -0.2) is 2.78 Å². The van der Waals surface area contributed by atoms with Crippen LogP contribution < -0.4 is 0 Å². The lowest BCUT2D eigenvalue weighted by Gasteiger charge is -1.94. The van der Waals surface area contributed by atoms with Crippen molar-refractivity contribution in [3.05, 3.63) is 48.8 Å². The molecule has 1 nitrogen and oxygen atoms in total. The van der Waals surface area contributed by atoms with E-state index >= 15 is 0 Å². The van der Waals surface area contributed by atoms with Crippen molar-refractivity contribution < 1.29 is 0 Å². The van der Waals surface area contributed by atoms with Crippen LogP contribution in [0, 0.1) is 0 Å². The van der Waals surface area contributed by atoms with Crippen LogP contribution in [0.1, 0.15) is 0 Å². The van der Waals surface area contributed by atoms with E-state index in [4.69, 9.17) is 0 Å². The highest BCUT2D eigenvalue weighted by Gasteiger charge is 1.96. The largest absolute Gasteiger partial charge is 0.297 e. The summed E-state index contributed by atoms with van der Waals surface area (Å²) in [7, 11) is 0. The Bertz CT molecular complexity index is 364. The maximum atomic E-state index is 2.24. The first-order valence-corrected chi connectivity index (χ1v) is 4.72. The summed E-state index contributed by atoms with van der Waals surface area (Å²) in [5, 5.41) is 0. The molecule has 0 N–H and O–H groups in total. The Kier molecular flexibility index (Phi) is 2.17. The lowest BCUT2D eigenvalue weighted by atomic mass is 10.1. The van der Waals surface area contributed by atoms with Crippen molar-refractivity contribution in [1.82, 2.24) is 2.78 Å². The highest BCUT2D eigenvalue weighted by atomic mass is 127. The summed E-state index contributed by atoms with van der Waals surface area (Å²) in [5.74, 6) is 0. The maximum absolute atomic E-state index is 2.24. The fourth-order valence-electron chi connectivity index (χ4n) is 1.17. The summed E-state index contributed by atoms with van der Waals surface area (Å²) < 4.78 is 2.03. The van der Waals surface area contributed by atoms with Gasteiger partial charge in [-0.15, -0.1) is 0 Å². The zero-order chi connectivity index (χ0) is 8.39. The second kappa shape index (κ2) is 3.31. The minimum absolute atomic E-state index is 1.27. The number of rotatable bonds is 1. The molecule has 0 radical (unpaired) electrons. The fraction of sp³-hybridized carbons (Fsp3) is 0. The second-order valence-electron chi connectivity index (χ2n) is 2.61. The molecule has 60 valence electrons. The van der Waals surface area contributed by atoms with Gasteiger partial charge in [-0.3, -0.25) is 2.78 Å². The molecule has 1 heterocycles. The number of nitrogens with zero attached hydrogens (tertiary/aromatic N) is 1. The number of hydrogen-bond donors (Lipinski definition) is 0. The van der Waals surface area contributed by atoms with Gasteiger partial charge >= 0.3 is 0 Å². The molecule has 0 aliphatic heterocycles. The third-order valence-electron chi connectivity index (χ3n) is 1.77. The smallest absolute Gasteiger partial charge is 0.0634 e. The Morgan fingerprint density at radius 3 is 2.25 bits per heavy atom. The summed E-state index contributed by atoms with van der Waals surface area (Å²) in [6.45, 7) is 0. The van der Waals surface area contributed by atoms with Gasteiger partial charge in [0.25, 0.3) is 0 Å². The Labute approximate surface area is 85.5 Å². The minimum atomic E-state index is 1.27. The van der Waals surface area contributed by atoms with Gasteiger partial charge in [0.2, 0.25) is 0 Å². The predicted molar refractivity (Wildman–Crippen MR) is 59.3 cm³/mol. The molecule has 2 aromatic rings. The molecule has 12 heavy (non-hydrogen) atoms. The summed E-state index contributed by atoms with van der Waals surface area (Å²) in [6, 6.07) is 12.5. The van der Waals surface area contributed by atoms with E-state index in [1.54, 1.807) is 0 Å². The van der Waals surface area contributed by atoms with Gasteiger partial charge in [0.15, 0.2) is 0 Å². The van der Waals surface area contributed by atoms with E-state index in [0.717, 1.165) is 0 Å². The molecular weight excluding hydrogens is 261 g/mol. The van der Waals surface area contributed by atoms with Crippen LogP contribution >= 0.6 is 22.9 Å². The molecule has 2 heteroatoms. The first-order valence-electron chi connectivity index (χ1n) is 3.76. The topological polar surface area (TPSA) is 4.93 Å². The average molecular weight is 269 g/mol. The van der Waals surface area contributed by atoms with Crippen molar-refractivity contribution in [2.75, 3.05) is 0 Å². The van der Waals surface area contributed by atoms with Gasteiger partial charge in [-0.25, -0.2) is 0 Å². The van der Waals surface area contributed by atoms with E-state index in [9.17, 15) is 0 Å². The van der Waals surface area contributed by atoms with E-state index in [0.29, 0.717) is 0 Å². The third kappa shape index (κ3) is 1.53. The first-order chi connectivity index (χ1) is 5.86. The Morgan fingerprint density at radius 2 is 1.67 bits per heavy atom. The standard InChI is InChI=1S/C10H8IN/c11-12-7-6-10(8-12)9-4-2-1-3-5-9/h1-8H. The number of hydrogen-bond acceptors (Lipinski definition) is 0. The van der Waals surface area contributed by atoms with Gasteiger partial charge in [-0.05, 0) is 11.6 Å². The summed E-state index contributed by atoms with van der Waals surface area (Å²) in [6.07, 6.45) is 4.15. The molecule has 1 aromatic carbocycles. The molecule has 0 saturated carbocycles. The minimum Gasteiger partial charge on any atom is -0.297 e. The zero-order valence-electron chi connectivity index (χ0n) is 6.44. The van der Waals surface area contributed by atoms with Crippen LogP contribution in [0.3, 0.4) is 0 Å². The number of halogens is 1. The second-order valence-corrected chi connectivity index (χ2v) is 3.72.